The first-order valence-electron chi connectivity index (χ1n) is 7.32. The molecule has 1 aromatic carbocycles. The molecular formula is C17H18BrFN2. The number of rotatable bonds is 3. The van der Waals surface area contributed by atoms with E-state index >= 15 is 0 Å². The number of pyridine rings is 1. The maximum absolute atomic E-state index is 13.9. The van der Waals surface area contributed by atoms with E-state index in [0.717, 1.165) is 32.4 Å². The largest absolute Gasteiger partial charge is 0.354 e. The van der Waals surface area contributed by atoms with Crippen LogP contribution in [0.1, 0.15) is 18.4 Å². The van der Waals surface area contributed by atoms with E-state index in [2.05, 4.69) is 50.1 Å². The Morgan fingerprint density at radius 2 is 1.90 bits per heavy atom. The third kappa shape index (κ3) is 3.62. The zero-order valence-electron chi connectivity index (χ0n) is 11.8. The average Bonchev–Trinajstić information content (AvgIpc) is 2.49. The lowest BCUT2D eigenvalue weighted by molar-refractivity contribution is 0.399. The molecule has 0 N–H and O–H groups in total. The standard InChI is InChI=1S/C17H18BrFN2/c18-15-11-16(19)17(20-12-15)21-8-6-14(7-9-21)10-13-4-2-1-3-5-13/h1-5,11-12,14H,6-10H2. The molecule has 2 heterocycles. The van der Waals surface area contributed by atoms with E-state index in [0.29, 0.717) is 16.2 Å². The second-order valence-corrected chi connectivity index (χ2v) is 6.49. The van der Waals surface area contributed by atoms with E-state index in [4.69, 9.17) is 0 Å². The van der Waals surface area contributed by atoms with Crippen LogP contribution in [0.4, 0.5) is 10.2 Å². The van der Waals surface area contributed by atoms with E-state index in [1.165, 1.54) is 11.6 Å². The summed E-state index contributed by atoms with van der Waals surface area (Å²) in [5, 5.41) is 0. The van der Waals surface area contributed by atoms with E-state index in [9.17, 15) is 4.39 Å². The minimum Gasteiger partial charge on any atom is -0.354 e. The van der Waals surface area contributed by atoms with Crippen molar-refractivity contribution in [1.29, 1.82) is 0 Å². The minimum absolute atomic E-state index is 0.245. The highest BCUT2D eigenvalue weighted by Crippen LogP contribution is 2.27. The number of hydrogen-bond acceptors (Lipinski definition) is 2. The molecule has 1 aromatic heterocycles. The van der Waals surface area contributed by atoms with Gasteiger partial charge in [-0.1, -0.05) is 30.3 Å². The molecule has 0 radical (unpaired) electrons. The molecule has 0 amide bonds. The van der Waals surface area contributed by atoms with Crippen LogP contribution in [0.2, 0.25) is 0 Å². The van der Waals surface area contributed by atoms with Crippen LogP contribution in [0.3, 0.4) is 0 Å². The summed E-state index contributed by atoms with van der Waals surface area (Å²) in [6, 6.07) is 12.1. The van der Waals surface area contributed by atoms with Crippen molar-refractivity contribution in [2.75, 3.05) is 18.0 Å². The lowest BCUT2D eigenvalue weighted by atomic mass is 9.90. The molecule has 1 aliphatic heterocycles. The van der Waals surface area contributed by atoms with Crippen LogP contribution in [0.15, 0.2) is 47.1 Å². The van der Waals surface area contributed by atoms with Crippen LogP contribution in [0, 0.1) is 11.7 Å². The molecule has 0 atom stereocenters. The molecule has 2 aromatic rings. The topological polar surface area (TPSA) is 16.1 Å². The van der Waals surface area contributed by atoms with Crippen molar-refractivity contribution in [3.8, 4) is 0 Å². The van der Waals surface area contributed by atoms with Crippen molar-refractivity contribution < 1.29 is 4.39 Å². The highest BCUT2D eigenvalue weighted by atomic mass is 79.9. The number of halogens is 2. The summed E-state index contributed by atoms with van der Waals surface area (Å²) >= 11 is 3.25. The minimum atomic E-state index is -0.245. The van der Waals surface area contributed by atoms with E-state index in [-0.39, 0.29) is 5.82 Å². The Balaban J connectivity index is 1.60. The van der Waals surface area contributed by atoms with E-state index < -0.39 is 0 Å². The molecule has 2 nitrogen and oxygen atoms in total. The van der Waals surface area contributed by atoms with E-state index in [1.54, 1.807) is 6.20 Å². The third-order valence-corrected chi connectivity index (χ3v) is 4.50. The van der Waals surface area contributed by atoms with Gasteiger partial charge in [-0.2, -0.15) is 0 Å². The molecule has 0 bridgehead atoms. The molecule has 110 valence electrons. The highest BCUT2D eigenvalue weighted by Gasteiger charge is 2.22. The zero-order chi connectivity index (χ0) is 14.7. The van der Waals surface area contributed by atoms with Gasteiger partial charge in [-0.15, -0.1) is 0 Å². The van der Waals surface area contributed by atoms with Crippen LogP contribution in [0.25, 0.3) is 0 Å². The third-order valence-electron chi connectivity index (χ3n) is 4.07. The monoisotopic (exact) mass is 348 g/mol. The van der Waals surface area contributed by atoms with Crippen LogP contribution < -0.4 is 4.90 Å². The number of nitrogens with zero attached hydrogens (tertiary/aromatic N) is 2. The van der Waals surface area contributed by atoms with Crippen molar-refractivity contribution in [3.05, 3.63) is 58.4 Å². The van der Waals surface area contributed by atoms with Crippen LogP contribution in [0.5, 0.6) is 0 Å². The Bertz CT molecular complexity index is 595. The predicted octanol–water partition coefficient (Wildman–Crippen LogP) is 4.44. The zero-order valence-corrected chi connectivity index (χ0v) is 13.4. The van der Waals surface area contributed by atoms with Crippen molar-refractivity contribution in [2.45, 2.75) is 19.3 Å². The average molecular weight is 349 g/mol. The van der Waals surface area contributed by atoms with Gasteiger partial charge in [-0.25, -0.2) is 9.37 Å². The van der Waals surface area contributed by atoms with Gasteiger partial charge in [0.1, 0.15) is 0 Å². The van der Waals surface area contributed by atoms with Gasteiger partial charge in [0, 0.05) is 23.8 Å². The van der Waals surface area contributed by atoms with Gasteiger partial charge in [-0.05, 0) is 52.7 Å². The first-order chi connectivity index (χ1) is 10.2. The van der Waals surface area contributed by atoms with Crippen molar-refractivity contribution in [1.82, 2.24) is 4.98 Å². The van der Waals surface area contributed by atoms with Gasteiger partial charge in [0.05, 0.1) is 0 Å². The molecule has 4 heteroatoms. The first-order valence-corrected chi connectivity index (χ1v) is 8.11. The van der Waals surface area contributed by atoms with Crippen molar-refractivity contribution in [2.24, 2.45) is 5.92 Å². The summed E-state index contributed by atoms with van der Waals surface area (Å²) in [5.41, 5.74) is 1.39. The SMILES string of the molecule is Fc1cc(Br)cnc1N1CCC(Cc2ccccc2)CC1. The summed E-state index contributed by atoms with van der Waals surface area (Å²) in [7, 11) is 0. The first kappa shape index (κ1) is 14.5. The second kappa shape index (κ2) is 6.56. The number of benzene rings is 1. The fourth-order valence-electron chi connectivity index (χ4n) is 2.94. The Kier molecular flexibility index (Phi) is 4.54. The molecule has 0 saturated carbocycles. The van der Waals surface area contributed by atoms with Gasteiger partial charge >= 0.3 is 0 Å². The predicted molar refractivity (Wildman–Crippen MR) is 87.0 cm³/mol. The number of anilines is 1. The second-order valence-electron chi connectivity index (χ2n) is 5.58. The lowest BCUT2D eigenvalue weighted by Gasteiger charge is -2.33. The summed E-state index contributed by atoms with van der Waals surface area (Å²) in [5.74, 6) is 0.921. The molecule has 0 aliphatic carbocycles. The smallest absolute Gasteiger partial charge is 0.166 e. The van der Waals surface area contributed by atoms with Crippen LogP contribution >= 0.6 is 15.9 Å². The van der Waals surface area contributed by atoms with Gasteiger partial charge in [0.25, 0.3) is 0 Å². The Hall–Kier alpha value is -1.42. The molecular weight excluding hydrogens is 331 g/mol. The fraction of sp³-hybridized carbons (Fsp3) is 0.353. The summed E-state index contributed by atoms with van der Waals surface area (Å²) in [6.07, 6.45) is 4.96. The fourth-order valence-corrected chi connectivity index (χ4v) is 3.24. The number of aromatic nitrogens is 1. The quantitative estimate of drug-likeness (QED) is 0.814. The molecule has 0 unspecified atom stereocenters. The normalized spacial score (nSPS) is 16.2. The number of hydrogen-bond donors (Lipinski definition) is 0. The maximum Gasteiger partial charge on any atom is 0.166 e. The van der Waals surface area contributed by atoms with Crippen LogP contribution in [-0.4, -0.2) is 18.1 Å². The maximum atomic E-state index is 13.9. The number of piperidine rings is 1. The molecule has 3 rings (SSSR count). The van der Waals surface area contributed by atoms with Gasteiger partial charge in [0.15, 0.2) is 11.6 Å². The summed E-state index contributed by atoms with van der Waals surface area (Å²) < 4.78 is 14.6. The van der Waals surface area contributed by atoms with E-state index in [1.807, 2.05) is 6.07 Å². The Morgan fingerprint density at radius 1 is 1.19 bits per heavy atom. The summed E-state index contributed by atoms with van der Waals surface area (Å²) in [4.78, 5) is 6.27. The van der Waals surface area contributed by atoms with Crippen LogP contribution in [-0.2, 0) is 6.42 Å². The van der Waals surface area contributed by atoms with Gasteiger partial charge in [-0.3, -0.25) is 0 Å². The van der Waals surface area contributed by atoms with Gasteiger partial charge < -0.3 is 4.90 Å². The molecule has 1 saturated heterocycles. The molecule has 1 aliphatic rings. The summed E-state index contributed by atoms with van der Waals surface area (Å²) in [6.45, 7) is 1.76. The molecule has 1 fully saturated rings. The molecule has 0 spiro atoms. The molecule has 21 heavy (non-hydrogen) atoms. The lowest BCUT2D eigenvalue weighted by Crippen LogP contribution is -2.35. The van der Waals surface area contributed by atoms with Gasteiger partial charge in [0.2, 0.25) is 0 Å². The highest BCUT2D eigenvalue weighted by molar-refractivity contribution is 9.10. The Morgan fingerprint density at radius 3 is 2.57 bits per heavy atom. The Labute approximate surface area is 133 Å². The van der Waals surface area contributed by atoms with Crippen molar-refractivity contribution >= 4 is 21.7 Å². The van der Waals surface area contributed by atoms with Crippen molar-refractivity contribution in [3.63, 3.8) is 0 Å².